The summed E-state index contributed by atoms with van der Waals surface area (Å²) in [7, 11) is 0. The van der Waals surface area contributed by atoms with Gasteiger partial charge in [0, 0.05) is 0 Å². The molecule has 0 aromatic rings. The maximum absolute atomic E-state index is 12.0. The van der Waals surface area contributed by atoms with Crippen molar-refractivity contribution in [3.63, 3.8) is 0 Å². The van der Waals surface area contributed by atoms with Crippen LogP contribution in [-0.2, 0) is 14.3 Å². The van der Waals surface area contributed by atoms with Crippen LogP contribution in [0.4, 0.5) is 0 Å². The summed E-state index contributed by atoms with van der Waals surface area (Å²) in [5.74, 6) is -0.278. The number of esters is 1. The van der Waals surface area contributed by atoms with E-state index >= 15 is 0 Å². The highest BCUT2D eigenvalue weighted by atomic mass is 16.6. The Bertz CT molecular complexity index is 323. The zero-order chi connectivity index (χ0) is 13.7. The number of ether oxygens (including phenoxy) is 2. The van der Waals surface area contributed by atoms with E-state index in [0.717, 1.165) is 38.5 Å². The Morgan fingerprint density at radius 2 is 1.79 bits per heavy atom. The second-order valence-corrected chi connectivity index (χ2v) is 6.22. The van der Waals surface area contributed by atoms with Gasteiger partial charge in [0.15, 0.2) is 0 Å². The molecule has 0 N–H and O–H groups in total. The molecule has 2 aliphatic rings. The molecule has 19 heavy (non-hydrogen) atoms. The van der Waals surface area contributed by atoms with E-state index in [-0.39, 0.29) is 11.6 Å². The Hall–Kier alpha value is -0.830. The van der Waals surface area contributed by atoms with Gasteiger partial charge >= 0.3 is 5.97 Å². The van der Waals surface area contributed by atoms with Gasteiger partial charge in [-0.25, -0.2) is 4.79 Å². The van der Waals surface area contributed by atoms with Crippen LogP contribution in [0.15, 0.2) is 12.2 Å². The normalized spacial score (nSPS) is 23.2. The van der Waals surface area contributed by atoms with Crippen molar-refractivity contribution in [2.75, 3.05) is 6.61 Å². The fourth-order valence-electron chi connectivity index (χ4n) is 3.03. The Balaban J connectivity index is 1.71. The molecule has 0 heterocycles. The second kappa shape index (κ2) is 6.56. The Morgan fingerprint density at radius 3 is 2.42 bits per heavy atom. The van der Waals surface area contributed by atoms with Gasteiger partial charge in [-0.1, -0.05) is 25.8 Å². The molecule has 2 fully saturated rings. The third kappa shape index (κ3) is 4.34. The highest BCUT2D eigenvalue weighted by Gasteiger charge is 2.33. The zero-order valence-electron chi connectivity index (χ0n) is 12.1. The van der Waals surface area contributed by atoms with Crippen LogP contribution in [0.3, 0.4) is 0 Å². The van der Waals surface area contributed by atoms with E-state index in [1.165, 1.54) is 19.3 Å². The van der Waals surface area contributed by atoms with E-state index in [1.807, 2.05) is 6.92 Å². The molecule has 0 saturated heterocycles. The largest absolute Gasteiger partial charge is 0.456 e. The standard InChI is InChI=1S/C16H26O3/c1-13(12-18-14-8-4-3-5-9-14)15(17)19-16(2)10-6-7-11-16/h14H,1,3-12H2,2H3. The van der Waals surface area contributed by atoms with Gasteiger partial charge in [0.2, 0.25) is 0 Å². The van der Waals surface area contributed by atoms with Crippen molar-refractivity contribution in [1.82, 2.24) is 0 Å². The molecule has 0 unspecified atom stereocenters. The van der Waals surface area contributed by atoms with Crippen molar-refractivity contribution in [1.29, 1.82) is 0 Å². The van der Waals surface area contributed by atoms with Gasteiger partial charge in [-0.2, -0.15) is 0 Å². The van der Waals surface area contributed by atoms with Crippen molar-refractivity contribution < 1.29 is 14.3 Å². The summed E-state index contributed by atoms with van der Waals surface area (Å²) < 4.78 is 11.3. The third-order valence-electron chi connectivity index (χ3n) is 4.33. The molecule has 0 aliphatic heterocycles. The van der Waals surface area contributed by atoms with Crippen molar-refractivity contribution in [3.05, 3.63) is 12.2 Å². The number of rotatable bonds is 5. The molecule has 0 spiro atoms. The highest BCUT2D eigenvalue weighted by molar-refractivity contribution is 5.88. The maximum atomic E-state index is 12.0. The van der Waals surface area contributed by atoms with Gasteiger partial charge in [-0.15, -0.1) is 0 Å². The van der Waals surface area contributed by atoms with Crippen molar-refractivity contribution >= 4 is 5.97 Å². The quantitative estimate of drug-likeness (QED) is 0.561. The Kier molecular flexibility index (Phi) is 5.03. The van der Waals surface area contributed by atoms with Crippen LogP contribution in [0.1, 0.15) is 64.7 Å². The van der Waals surface area contributed by atoms with Gasteiger partial charge in [0.05, 0.1) is 18.3 Å². The minimum atomic E-state index is -0.278. The molecule has 0 bridgehead atoms. The number of carbonyl (C=O) groups excluding carboxylic acids is 1. The SMILES string of the molecule is C=C(COC1CCCCC1)C(=O)OC1(C)CCCC1. The van der Waals surface area contributed by atoms with E-state index < -0.39 is 0 Å². The maximum Gasteiger partial charge on any atom is 0.336 e. The van der Waals surface area contributed by atoms with Crippen LogP contribution < -0.4 is 0 Å². The van der Waals surface area contributed by atoms with Crippen LogP contribution in [0, 0.1) is 0 Å². The lowest BCUT2D eigenvalue weighted by Crippen LogP contribution is -2.30. The molecule has 3 heteroatoms. The summed E-state index contributed by atoms with van der Waals surface area (Å²) in [5, 5.41) is 0. The summed E-state index contributed by atoms with van der Waals surface area (Å²) in [6, 6.07) is 0. The van der Waals surface area contributed by atoms with E-state index in [1.54, 1.807) is 0 Å². The smallest absolute Gasteiger partial charge is 0.336 e. The Labute approximate surface area is 116 Å². The van der Waals surface area contributed by atoms with E-state index in [0.29, 0.717) is 18.3 Å². The monoisotopic (exact) mass is 266 g/mol. The van der Waals surface area contributed by atoms with Crippen LogP contribution >= 0.6 is 0 Å². The first-order chi connectivity index (χ1) is 9.09. The topological polar surface area (TPSA) is 35.5 Å². The van der Waals surface area contributed by atoms with E-state index in [2.05, 4.69) is 6.58 Å². The number of hydrogen-bond donors (Lipinski definition) is 0. The van der Waals surface area contributed by atoms with Gasteiger partial charge < -0.3 is 9.47 Å². The minimum absolute atomic E-state index is 0.273. The molecule has 0 aromatic heterocycles. The lowest BCUT2D eigenvalue weighted by atomic mass is 9.98. The predicted octanol–water partition coefficient (Wildman–Crippen LogP) is 3.77. The van der Waals surface area contributed by atoms with Crippen molar-refractivity contribution in [2.24, 2.45) is 0 Å². The predicted molar refractivity (Wildman–Crippen MR) is 74.9 cm³/mol. The Morgan fingerprint density at radius 1 is 1.16 bits per heavy atom. The van der Waals surface area contributed by atoms with Gasteiger partial charge in [-0.05, 0) is 45.4 Å². The van der Waals surface area contributed by atoms with Crippen molar-refractivity contribution in [3.8, 4) is 0 Å². The van der Waals surface area contributed by atoms with E-state index in [4.69, 9.17) is 9.47 Å². The average molecular weight is 266 g/mol. The number of hydrogen-bond acceptors (Lipinski definition) is 3. The zero-order valence-corrected chi connectivity index (χ0v) is 12.1. The average Bonchev–Trinajstić information content (AvgIpc) is 2.83. The number of carbonyl (C=O) groups is 1. The van der Waals surface area contributed by atoms with Gasteiger partial charge in [-0.3, -0.25) is 0 Å². The molecule has 2 aliphatic carbocycles. The molecule has 0 aromatic carbocycles. The lowest BCUT2D eigenvalue weighted by Gasteiger charge is -2.25. The first kappa shape index (κ1) is 14.6. The molecule has 108 valence electrons. The molecule has 0 atom stereocenters. The van der Waals surface area contributed by atoms with Gasteiger partial charge in [0.25, 0.3) is 0 Å². The van der Waals surface area contributed by atoms with Gasteiger partial charge in [0.1, 0.15) is 5.60 Å². The highest BCUT2D eigenvalue weighted by Crippen LogP contribution is 2.33. The lowest BCUT2D eigenvalue weighted by molar-refractivity contribution is -0.153. The van der Waals surface area contributed by atoms with Crippen molar-refractivity contribution in [2.45, 2.75) is 76.4 Å². The molecule has 0 radical (unpaired) electrons. The molecule has 2 saturated carbocycles. The first-order valence-corrected chi connectivity index (χ1v) is 7.62. The van der Waals surface area contributed by atoms with Crippen LogP contribution in [0.5, 0.6) is 0 Å². The molecular formula is C16H26O3. The van der Waals surface area contributed by atoms with Crippen LogP contribution in [-0.4, -0.2) is 24.3 Å². The second-order valence-electron chi connectivity index (χ2n) is 6.22. The summed E-state index contributed by atoms with van der Waals surface area (Å²) in [5.41, 5.74) is 0.184. The third-order valence-corrected chi connectivity index (χ3v) is 4.33. The summed E-state index contributed by atoms with van der Waals surface area (Å²) in [4.78, 5) is 12.0. The molecule has 0 amide bonds. The summed E-state index contributed by atoms with van der Waals surface area (Å²) >= 11 is 0. The van der Waals surface area contributed by atoms with E-state index in [9.17, 15) is 4.79 Å². The summed E-state index contributed by atoms with van der Waals surface area (Å²) in [6.07, 6.45) is 10.5. The molecular weight excluding hydrogens is 240 g/mol. The summed E-state index contributed by atoms with van der Waals surface area (Å²) in [6.45, 7) is 6.15. The van der Waals surface area contributed by atoms with Crippen LogP contribution in [0.2, 0.25) is 0 Å². The fraction of sp³-hybridized carbons (Fsp3) is 0.812. The minimum Gasteiger partial charge on any atom is -0.456 e. The molecule has 3 nitrogen and oxygen atoms in total. The molecule has 2 rings (SSSR count). The first-order valence-electron chi connectivity index (χ1n) is 7.62. The fourth-order valence-corrected chi connectivity index (χ4v) is 3.03. The van der Waals surface area contributed by atoms with Crippen LogP contribution in [0.25, 0.3) is 0 Å².